The van der Waals surface area contributed by atoms with Crippen LogP contribution < -0.4 is 0 Å². The number of carbonyl (C=O) groups excluding carboxylic acids is 2. The number of rotatable bonds is 3. The van der Waals surface area contributed by atoms with Crippen LogP contribution >= 0.6 is 0 Å². The minimum Gasteiger partial charge on any atom is -0.387 e. The highest BCUT2D eigenvalue weighted by atomic mass is 16.7. The van der Waals surface area contributed by atoms with Gasteiger partial charge in [0.15, 0.2) is 6.29 Å². The fraction of sp³-hybridized carbons (Fsp3) is 0.333. The van der Waals surface area contributed by atoms with Crippen molar-refractivity contribution < 1.29 is 23.8 Å². The van der Waals surface area contributed by atoms with Crippen LogP contribution in [0.5, 0.6) is 0 Å². The van der Waals surface area contributed by atoms with Gasteiger partial charge in [-0.1, -0.05) is 6.58 Å². The molecule has 0 unspecified atom stereocenters. The summed E-state index contributed by atoms with van der Waals surface area (Å²) in [4.78, 5) is 19.8. The normalized spacial score (nSPS) is 13.6. The summed E-state index contributed by atoms with van der Waals surface area (Å²) in [5, 5.41) is 0. The molecular formula is C9H12O5. The van der Waals surface area contributed by atoms with Gasteiger partial charge in [-0.2, -0.15) is 0 Å². The maximum absolute atomic E-state index is 9.92. The van der Waals surface area contributed by atoms with E-state index in [4.69, 9.17) is 9.47 Å². The van der Waals surface area contributed by atoms with E-state index in [9.17, 15) is 9.59 Å². The van der Waals surface area contributed by atoms with E-state index in [1.54, 1.807) is 20.3 Å². The first-order chi connectivity index (χ1) is 6.63. The molecule has 0 radical (unpaired) electrons. The molecule has 5 nitrogen and oxygen atoms in total. The quantitative estimate of drug-likeness (QED) is 0.286. The van der Waals surface area contributed by atoms with Crippen molar-refractivity contribution in [1.82, 2.24) is 0 Å². The highest BCUT2D eigenvalue weighted by Gasteiger charge is 2.10. The van der Waals surface area contributed by atoms with Crippen LogP contribution in [0.2, 0.25) is 0 Å². The Labute approximate surface area is 81.9 Å². The number of hydrogen-bond acceptors (Lipinski definition) is 5. The van der Waals surface area contributed by atoms with Crippen molar-refractivity contribution in [1.29, 1.82) is 0 Å². The zero-order chi connectivity index (χ0) is 11.0. The molecule has 0 spiro atoms. The van der Waals surface area contributed by atoms with Crippen molar-refractivity contribution in [2.75, 3.05) is 14.2 Å². The van der Waals surface area contributed by atoms with Crippen molar-refractivity contribution in [2.45, 2.75) is 6.29 Å². The van der Waals surface area contributed by atoms with Crippen LogP contribution in [-0.4, -0.2) is 32.4 Å². The number of ether oxygens (including phenoxy) is 3. The van der Waals surface area contributed by atoms with Gasteiger partial charge < -0.3 is 14.2 Å². The lowest BCUT2D eigenvalue weighted by atomic mass is 10.6. The number of methoxy groups -OCH3 is 2. The Kier molecular flexibility index (Phi) is 6.26. The molecule has 0 aromatic carbocycles. The van der Waals surface area contributed by atoms with Crippen molar-refractivity contribution >= 4 is 11.9 Å². The summed E-state index contributed by atoms with van der Waals surface area (Å²) in [7, 11) is 3.13. The molecule has 0 N–H and O–H groups in total. The molecule has 0 aromatic rings. The molecule has 0 aliphatic carbocycles. The largest absolute Gasteiger partial charge is 0.387 e. The van der Waals surface area contributed by atoms with Gasteiger partial charge in [0.05, 0.1) is 0 Å². The summed E-state index contributed by atoms with van der Waals surface area (Å²) in [6.07, 6.45) is 3.50. The van der Waals surface area contributed by atoms with Gasteiger partial charge in [0.1, 0.15) is 0 Å². The van der Waals surface area contributed by atoms with Crippen LogP contribution in [0.4, 0.5) is 0 Å². The van der Waals surface area contributed by atoms with Gasteiger partial charge in [0.25, 0.3) is 0 Å². The van der Waals surface area contributed by atoms with Crippen molar-refractivity contribution in [3.63, 3.8) is 0 Å². The lowest BCUT2D eigenvalue weighted by Crippen LogP contribution is -2.07. The van der Waals surface area contributed by atoms with Crippen LogP contribution in [0.25, 0.3) is 0 Å². The lowest BCUT2D eigenvalue weighted by Gasteiger charge is -2.04. The zero-order valence-corrected chi connectivity index (χ0v) is 8.06. The Morgan fingerprint density at radius 1 is 1.29 bits per heavy atom. The molecule has 1 aliphatic rings. The first kappa shape index (κ1) is 12.5. The molecular weight excluding hydrogens is 188 g/mol. The Hall–Kier alpha value is -1.46. The maximum atomic E-state index is 9.92. The predicted molar refractivity (Wildman–Crippen MR) is 48.2 cm³/mol. The molecule has 0 amide bonds. The van der Waals surface area contributed by atoms with Gasteiger partial charge in [-0.25, -0.2) is 9.59 Å². The molecule has 0 atom stereocenters. The molecule has 78 valence electrons. The van der Waals surface area contributed by atoms with E-state index >= 15 is 0 Å². The summed E-state index contributed by atoms with van der Waals surface area (Å²) in [6, 6.07) is 0. The van der Waals surface area contributed by atoms with Crippen molar-refractivity contribution in [3.05, 3.63) is 24.8 Å². The first-order valence-electron chi connectivity index (χ1n) is 3.76. The minimum atomic E-state index is -0.579. The molecule has 0 aromatic heterocycles. The van der Waals surface area contributed by atoms with Gasteiger partial charge in [0, 0.05) is 26.4 Å². The number of carbonyl (C=O) groups is 2. The first-order valence-corrected chi connectivity index (χ1v) is 3.76. The fourth-order valence-corrected chi connectivity index (χ4v) is 0.592. The van der Waals surface area contributed by atoms with E-state index < -0.39 is 11.9 Å². The van der Waals surface area contributed by atoms with E-state index in [1.807, 2.05) is 0 Å². The van der Waals surface area contributed by atoms with E-state index in [1.165, 1.54) is 0 Å². The second-order valence-corrected chi connectivity index (χ2v) is 2.15. The molecule has 0 saturated heterocycles. The molecule has 0 bridgehead atoms. The van der Waals surface area contributed by atoms with Gasteiger partial charge in [-0.15, -0.1) is 0 Å². The molecule has 1 aliphatic heterocycles. The summed E-state index contributed by atoms with van der Waals surface area (Å²) in [5.74, 6) is -1.16. The summed E-state index contributed by atoms with van der Waals surface area (Å²) in [5.41, 5.74) is 0. The Balaban J connectivity index is 0.000000241. The van der Waals surface area contributed by atoms with E-state index in [2.05, 4.69) is 11.3 Å². The van der Waals surface area contributed by atoms with Crippen LogP contribution in [0.3, 0.4) is 0 Å². The highest BCUT2D eigenvalue weighted by Crippen LogP contribution is 1.92. The topological polar surface area (TPSA) is 61.8 Å². The Morgan fingerprint density at radius 2 is 1.71 bits per heavy atom. The average Bonchev–Trinajstić information content (AvgIpc) is 2.54. The monoisotopic (exact) mass is 200 g/mol. The maximum Gasteiger partial charge on any atom is 0.338 e. The van der Waals surface area contributed by atoms with Crippen LogP contribution in [0.1, 0.15) is 0 Å². The van der Waals surface area contributed by atoms with Gasteiger partial charge in [-0.05, 0) is 6.08 Å². The second kappa shape index (κ2) is 6.99. The van der Waals surface area contributed by atoms with Gasteiger partial charge >= 0.3 is 11.9 Å². The molecule has 0 saturated carbocycles. The van der Waals surface area contributed by atoms with Gasteiger partial charge in [0.2, 0.25) is 0 Å². The summed E-state index contributed by atoms with van der Waals surface area (Å²) < 4.78 is 13.4. The number of esters is 2. The molecule has 14 heavy (non-hydrogen) atoms. The molecule has 5 heteroatoms. The molecule has 1 heterocycles. The third-order valence-electron chi connectivity index (χ3n) is 1.21. The third kappa shape index (κ3) is 5.23. The zero-order valence-electron chi connectivity index (χ0n) is 8.06. The van der Waals surface area contributed by atoms with E-state index in [0.29, 0.717) is 0 Å². The third-order valence-corrected chi connectivity index (χ3v) is 1.21. The summed E-state index contributed by atoms with van der Waals surface area (Å²) in [6.45, 7) is 3.45. The van der Waals surface area contributed by atoms with Crippen LogP contribution in [0, 0.1) is 0 Å². The van der Waals surface area contributed by atoms with Crippen LogP contribution in [0.15, 0.2) is 24.8 Å². The number of hydrogen-bond donors (Lipinski definition) is 0. The molecule has 0 fully saturated rings. The van der Waals surface area contributed by atoms with E-state index in [0.717, 1.165) is 12.2 Å². The Bertz CT molecular complexity index is 224. The minimum absolute atomic E-state index is 0.250. The standard InChI is InChI=1S/C5H10O2.C4H2O3/c1-4-5(6-2)7-3;5-3-1-2-4(6)7-3/h4-5H,1H2,2-3H3;1-2H. The average molecular weight is 200 g/mol. The highest BCUT2D eigenvalue weighted by molar-refractivity contribution is 6.04. The number of cyclic esters (lactones) is 2. The SMILES string of the molecule is C=CC(OC)OC.O=C1C=CC(=O)O1. The van der Waals surface area contributed by atoms with E-state index in [-0.39, 0.29) is 6.29 Å². The second-order valence-electron chi connectivity index (χ2n) is 2.15. The van der Waals surface area contributed by atoms with Crippen molar-refractivity contribution in [2.24, 2.45) is 0 Å². The fourth-order valence-electron chi connectivity index (χ4n) is 0.592. The van der Waals surface area contributed by atoms with Crippen LogP contribution in [-0.2, 0) is 23.8 Å². The smallest absolute Gasteiger partial charge is 0.338 e. The summed E-state index contributed by atoms with van der Waals surface area (Å²) >= 11 is 0. The predicted octanol–water partition coefficient (Wildman–Crippen LogP) is 0.417. The molecule has 1 rings (SSSR count). The Morgan fingerprint density at radius 3 is 1.79 bits per heavy atom. The van der Waals surface area contributed by atoms with Gasteiger partial charge in [-0.3, -0.25) is 0 Å². The van der Waals surface area contributed by atoms with Crippen molar-refractivity contribution in [3.8, 4) is 0 Å². The lowest BCUT2D eigenvalue weighted by molar-refractivity contribution is -0.150.